The summed E-state index contributed by atoms with van der Waals surface area (Å²) in [6.07, 6.45) is 0. The van der Waals surface area contributed by atoms with Crippen molar-refractivity contribution < 1.29 is 4.39 Å². The normalized spacial score (nSPS) is 12.3. The number of halogens is 3. The molecule has 0 saturated carbocycles. The van der Waals surface area contributed by atoms with Gasteiger partial charge in [-0.3, -0.25) is 0 Å². The van der Waals surface area contributed by atoms with Crippen LogP contribution < -0.4 is 5.32 Å². The lowest BCUT2D eigenvalue weighted by atomic mass is 10.1. The molecule has 1 unspecified atom stereocenters. The van der Waals surface area contributed by atoms with Crippen molar-refractivity contribution in [3.8, 4) is 0 Å². The Labute approximate surface area is 122 Å². The maximum absolute atomic E-state index is 13.2. The van der Waals surface area contributed by atoms with Gasteiger partial charge < -0.3 is 5.32 Å². The van der Waals surface area contributed by atoms with E-state index in [-0.39, 0.29) is 11.9 Å². The van der Waals surface area contributed by atoms with Crippen molar-refractivity contribution >= 4 is 28.9 Å². The van der Waals surface area contributed by atoms with Crippen LogP contribution >= 0.6 is 23.2 Å². The standard InChI is InChI=1S/C15H14Cl2FN/c1-9-7-12(4-6-15(9)18)19-10(2)13-5-3-11(16)8-14(13)17/h3-8,10,19H,1-2H3. The van der Waals surface area contributed by atoms with Crippen molar-refractivity contribution in [3.63, 3.8) is 0 Å². The highest BCUT2D eigenvalue weighted by atomic mass is 35.5. The monoisotopic (exact) mass is 297 g/mol. The van der Waals surface area contributed by atoms with E-state index in [0.717, 1.165) is 11.3 Å². The van der Waals surface area contributed by atoms with E-state index in [0.29, 0.717) is 15.6 Å². The SMILES string of the molecule is Cc1cc(NC(C)c2ccc(Cl)cc2Cl)ccc1F. The number of hydrogen-bond donors (Lipinski definition) is 1. The largest absolute Gasteiger partial charge is 0.378 e. The number of benzene rings is 2. The zero-order valence-electron chi connectivity index (χ0n) is 10.7. The second kappa shape index (κ2) is 5.81. The molecule has 2 aromatic rings. The van der Waals surface area contributed by atoms with Crippen LogP contribution in [0.5, 0.6) is 0 Å². The van der Waals surface area contributed by atoms with E-state index >= 15 is 0 Å². The minimum atomic E-state index is -0.206. The van der Waals surface area contributed by atoms with Crippen LogP contribution in [0.3, 0.4) is 0 Å². The van der Waals surface area contributed by atoms with E-state index < -0.39 is 0 Å². The van der Waals surface area contributed by atoms with Crippen LogP contribution in [0, 0.1) is 12.7 Å². The van der Waals surface area contributed by atoms with Gasteiger partial charge in [0.15, 0.2) is 0 Å². The van der Waals surface area contributed by atoms with Crippen LogP contribution in [0.25, 0.3) is 0 Å². The third kappa shape index (κ3) is 3.40. The van der Waals surface area contributed by atoms with Crippen molar-refractivity contribution in [2.75, 3.05) is 5.32 Å². The summed E-state index contributed by atoms with van der Waals surface area (Å²) in [4.78, 5) is 0. The molecule has 0 bridgehead atoms. The highest BCUT2D eigenvalue weighted by Gasteiger charge is 2.10. The Kier molecular flexibility index (Phi) is 4.33. The van der Waals surface area contributed by atoms with E-state index in [4.69, 9.17) is 23.2 Å². The van der Waals surface area contributed by atoms with Gasteiger partial charge in [0, 0.05) is 21.8 Å². The molecule has 1 nitrogen and oxygen atoms in total. The second-order valence-corrected chi connectivity index (χ2v) is 5.34. The first kappa shape index (κ1) is 14.2. The lowest BCUT2D eigenvalue weighted by molar-refractivity contribution is 0.618. The Morgan fingerprint density at radius 2 is 1.84 bits per heavy atom. The van der Waals surface area contributed by atoms with Crippen LogP contribution in [0.1, 0.15) is 24.1 Å². The fourth-order valence-electron chi connectivity index (χ4n) is 1.91. The van der Waals surface area contributed by atoms with E-state index in [9.17, 15) is 4.39 Å². The van der Waals surface area contributed by atoms with Gasteiger partial charge >= 0.3 is 0 Å². The molecule has 0 amide bonds. The topological polar surface area (TPSA) is 12.0 Å². The third-order valence-electron chi connectivity index (χ3n) is 2.97. The van der Waals surface area contributed by atoms with Gasteiger partial charge in [0.25, 0.3) is 0 Å². The molecule has 4 heteroatoms. The predicted octanol–water partition coefficient (Wildman–Crippen LogP) is 5.61. The summed E-state index contributed by atoms with van der Waals surface area (Å²) in [5, 5.41) is 4.52. The highest BCUT2D eigenvalue weighted by Crippen LogP contribution is 2.28. The summed E-state index contributed by atoms with van der Waals surface area (Å²) in [5.74, 6) is -0.206. The van der Waals surface area contributed by atoms with Gasteiger partial charge in [-0.25, -0.2) is 4.39 Å². The molecule has 0 aromatic heterocycles. The summed E-state index contributed by atoms with van der Waals surface area (Å²) in [7, 11) is 0. The molecular weight excluding hydrogens is 284 g/mol. The molecule has 0 fully saturated rings. The molecule has 2 rings (SSSR count). The first-order valence-electron chi connectivity index (χ1n) is 5.95. The average Bonchev–Trinajstić information content (AvgIpc) is 2.33. The number of anilines is 1. The van der Waals surface area contributed by atoms with Gasteiger partial charge in [-0.1, -0.05) is 29.3 Å². The average molecular weight is 298 g/mol. The highest BCUT2D eigenvalue weighted by molar-refractivity contribution is 6.35. The first-order chi connectivity index (χ1) is 8.97. The van der Waals surface area contributed by atoms with Gasteiger partial charge in [-0.2, -0.15) is 0 Å². The van der Waals surface area contributed by atoms with E-state index in [1.165, 1.54) is 6.07 Å². The quantitative estimate of drug-likeness (QED) is 0.776. The molecule has 0 heterocycles. The Hall–Kier alpha value is -1.25. The summed E-state index contributed by atoms with van der Waals surface area (Å²) < 4.78 is 13.2. The van der Waals surface area contributed by atoms with Gasteiger partial charge in [0.1, 0.15) is 5.82 Å². The number of rotatable bonds is 3. The van der Waals surface area contributed by atoms with Crippen molar-refractivity contribution in [1.82, 2.24) is 0 Å². The molecule has 0 spiro atoms. The fourth-order valence-corrected chi connectivity index (χ4v) is 2.49. The van der Waals surface area contributed by atoms with Crippen LogP contribution in [0.2, 0.25) is 10.0 Å². The van der Waals surface area contributed by atoms with Crippen LogP contribution in [0.4, 0.5) is 10.1 Å². The van der Waals surface area contributed by atoms with Crippen LogP contribution in [-0.4, -0.2) is 0 Å². The lowest BCUT2D eigenvalue weighted by Gasteiger charge is -2.17. The summed E-state index contributed by atoms with van der Waals surface area (Å²) in [6.45, 7) is 3.73. The molecule has 0 aliphatic carbocycles. The molecule has 1 N–H and O–H groups in total. The maximum atomic E-state index is 13.2. The third-order valence-corrected chi connectivity index (χ3v) is 3.53. The zero-order valence-corrected chi connectivity index (χ0v) is 12.2. The fraction of sp³-hybridized carbons (Fsp3) is 0.200. The van der Waals surface area contributed by atoms with E-state index in [1.54, 1.807) is 31.2 Å². The smallest absolute Gasteiger partial charge is 0.126 e. The first-order valence-corrected chi connectivity index (χ1v) is 6.70. The number of hydrogen-bond acceptors (Lipinski definition) is 1. The van der Waals surface area contributed by atoms with Crippen molar-refractivity contribution in [1.29, 1.82) is 0 Å². The lowest BCUT2D eigenvalue weighted by Crippen LogP contribution is -2.07. The molecule has 0 aliphatic heterocycles. The predicted molar refractivity (Wildman–Crippen MR) is 79.6 cm³/mol. The second-order valence-electron chi connectivity index (χ2n) is 4.50. The summed E-state index contributed by atoms with van der Waals surface area (Å²) in [6, 6.07) is 10.4. The van der Waals surface area contributed by atoms with Gasteiger partial charge in [0.2, 0.25) is 0 Å². The van der Waals surface area contributed by atoms with Crippen molar-refractivity contribution in [2.24, 2.45) is 0 Å². The number of aryl methyl sites for hydroxylation is 1. The molecule has 2 aromatic carbocycles. The Morgan fingerprint density at radius 3 is 2.47 bits per heavy atom. The van der Waals surface area contributed by atoms with Gasteiger partial charge in [-0.15, -0.1) is 0 Å². The van der Waals surface area contributed by atoms with Gasteiger partial charge in [-0.05, 0) is 55.3 Å². The van der Waals surface area contributed by atoms with Crippen LogP contribution in [-0.2, 0) is 0 Å². The molecule has 1 atom stereocenters. The minimum absolute atomic E-state index is 0.00891. The molecule has 0 saturated heterocycles. The Bertz CT molecular complexity index is 599. The molecule has 0 aliphatic rings. The van der Waals surface area contributed by atoms with E-state index in [1.807, 2.05) is 13.0 Å². The summed E-state index contributed by atoms with van der Waals surface area (Å²) >= 11 is 12.0. The van der Waals surface area contributed by atoms with Gasteiger partial charge in [0.05, 0.1) is 0 Å². The molecule has 0 radical (unpaired) electrons. The Balaban J connectivity index is 2.20. The number of nitrogens with one attached hydrogen (secondary N) is 1. The molecule has 19 heavy (non-hydrogen) atoms. The van der Waals surface area contributed by atoms with E-state index in [2.05, 4.69) is 5.32 Å². The molecule has 100 valence electrons. The van der Waals surface area contributed by atoms with Crippen molar-refractivity contribution in [3.05, 3.63) is 63.4 Å². The minimum Gasteiger partial charge on any atom is -0.378 e. The maximum Gasteiger partial charge on any atom is 0.126 e. The summed E-state index contributed by atoms with van der Waals surface area (Å²) in [5.41, 5.74) is 2.42. The van der Waals surface area contributed by atoms with Crippen molar-refractivity contribution in [2.45, 2.75) is 19.9 Å². The molecular formula is C15H14Cl2FN. The Morgan fingerprint density at radius 1 is 1.11 bits per heavy atom. The van der Waals surface area contributed by atoms with Crippen LogP contribution in [0.15, 0.2) is 36.4 Å². The zero-order chi connectivity index (χ0) is 14.0.